The van der Waals surface area contributed by atoms with Crippen molar-refractivity contribution in [1.82, 2.24) is 9.88 Å². The van der Waals surface area contributed by atoms with Crippen LogP contribution >= 0.6 is 0 Å². The van der Waals surface area contributed by atoms with Gasteiger partial charge in [0.2, 0.25) is 0 Å². The fraction of sp³-hybridized carbons (Fsp3) is 0.500. The van der Waals surface area contributed by atoms with Crippen molar-refractivity contribution in [3.05, 3.63) is 23.0 Å². The molecule has 2 N–H and O–H groups in total. The van der Waals surface area contributed by atoms with Crippen molar-refractivity contribution in [1.29, 1.82) is 0 Å². The first-order valence-corrected chi connectivity index (χ1v) is 6.62. The SMILES string of the molecule is Cc1cc(C)c(NC(=O)N2CCC(C(=O)O)C2)c(C)n1. The number of carbonyl (C=O) groups is 2. The third kappa shape index (κ3) is 2.89. The molecule has 1 saturated heterocycles. The highest BCUT2D eigenvalue weighted by Gasteiger charge is 2.31. The molecule has 0 aliphatic carbocycles. The molecule has 6 heteroatoms. The first-order valence-electron chi connectivity index (χ1n) is 6.62. The van der Waals surface area contributed by atoms with Crippen molar-refractivity contribution in [3.8, 4) is 0 Å². The molecule has 1 aliphatic heterocycles. The molecule has 0 saturated carbocycles. The number of urea groups is 1. The summed E-state index contributed by atoms with van der Waals surface area (Å²) in [5.41, 5.74) is 3.34. The molecule has 0 aromatic carbocycles. The van der Waals surface area contributed by atoms with Gasteiger partial charge < -0.3 is 15.3 Å². The van der Waals surface area contributed by atoms with Crippen molar-refractivity contribution in [2.24, 2.45) is 5.92 Å². The Kier molecular flexibility index (Phi) is 3.92. The summed E-state index contributed by atoms with van der Waals surface area (Å²) in [7, 11) is 0. The van der Waals surface area contributed by atoms with Crippen LogP contribution in [0.3, 0.4) is 0 Å². The molecule has 2 rings (SSSR count). The molecule has 1 atom stereocenters. The lowest BCUT2D eigenvalue weighted by Gasteiger charge is -2.19. The number of aryl methyl sites for hydroxylation is 3. The predicted octanol–water partition coefficient (Wildman–Crippen LogP) is 1.95. The van der Waals surface area contributed by atoms with Gasteiger partial charge in [-0.25, -0.2) is 4.79 Å². The second kappa shape index (κ2) is 5.48. The van der Waals surface area contributed by atoms with Crippen molar-refractivity contribution < 1.29 is 14.7 Å². The number of anilines is 1. The lowest BCUT2D eigenvalue weighted by Crippen LogP contribution is -2.34. The predicted molar refractivity (Wildman–Crippen MR) is 74.8 cm³/mol. The van der Waals surface area contributed by atoms with E-state index in [1.165, 1.54) is 4.90 Å². The minimum Gasteiger partial charge on any atom is -0.481 e. The number of hydrogen-bond acceptors (Lipinski definition) is 3. The van der Waals surface area contributed by atoms with E-state index in [0.29, 0.717) is 18.7 Å². The van der Waals surface area contributed by atoms with Gasteiger partial charge >= 0.3 is 12.0 Å². The van der Waals surface area contributed by atoms with Crippen LogP contribution in [0.25, 0.3) is 0 Å². The van der Waals surface area contributed by atoms with Crippen LogP contribution in [0.1, 0.15) is 23.4 Å². The molecule has 20 heavy (non-hydrogen) atoms. The van der Waals surface area contributed by atoms with E-state index in [-0.39, 0.29) is 12.6 Å². The number of carboxylic acids is 1. The third-order valence-electron chi connectivity index (χ3n) is 3.58. The van der Waals surface area contributed by atoms with Gasteiger partial charge in [0, 0.05) is 18.8 Å². The van der Waals surface area contributed by atoms with Gasteiger partial charge in [0.15, 0.2) is 0 Å². The molecule has 1 unspecified atom stereocenters. The normalized spacial score (nSPS) is 18.1. The van der Waals surface area contributed by atoms with Crippen LogP contribution in [-0.2, 0) is 4.79 Å². The fourth-order valence-electron chi connectivity index (χ4n) is 2.54. The number of aromatic nitrogens is 1. The molecule has 1 aromatic rings. The zero-order valence-electron chi connectivity index (χ0n) is 11.9. The quantitative estimate of drug-likeness (QED) is 0.865. The second-order valence-electron chi connectivity index (χ2n) is 5.24. The van der Waals surface area contributed by atoms with Crippen LogP contribution in [0.2, 0.25) is 0 Å². The van der Waals surface area contributed by atoms with Gasteiger partial charge in [-0.1, -0.05) is 0 Å². The highest BCUT2D eigenvalue weighted by molar-refractivity contribution is 5.91. The number of nitrogens with one attached hydrogen (secondary N) is 1. The first-order chi connectivity index (χ1) is 9.38. The van der Waals surface area contributed by atoms with E-state index in [1.807, 2.05) is 26.8 Å². The summed E-state index contributed by atoms with van der Waals surface area (Å²) in [6, 6.07) is 1.65. The Morgan fingerprint density at radius 3 is 2.65 bits per heavy atom. The van der Waals surface area contributed by atoms with Crippen molar-refractivity contribution in [2.45, 2.75) is 27.2 Å². The Bertz CT molecular complexity index is 534. The minimum atomic E-state index is -0.843. The summed E-state index contributed by atoms with van der Waals surface area (Å²) in [6.07, 6.45) is 0.507. The number of amides is 2. The molecule has 108 valence electrons. The molecular formula is C14H19N3O3. The molecule has 0 spiro atoms. The summed E-state index contributed by atoms with van der Waals surface area (Å²) in [6.45, 7) is 6.41. The number of nitrogens with zero attached hydrogens (tertiary/aromatic N) is 2. The maximum absolute atomic E-state index is 12.2. The summed E-state index contributed by atoms with van der Waals surface area (Å²) < 4.78 is 0. The molecule has 2 heterocycles. The molecule has 1 aromatic heterocycles. The molecular weight excluding hydrogens is 258 g/mol. The van der Waals surface area contributed by atoms with Crippen LogP contribution in [0.4, 0.5) is 10.5 Å². The van der Waals surface area contributed by atoms with E-state index in [1.54, 1.807) is 0 Å². The topological polar surface area (TPSA) is 82.5 Å². The lowest BCUT2D eigenvalue weighted by molar-refractivity contribution is -0.141. The molecule has 0 radical (unpaired) electrons. The van der Waals surface area contributed by atoms with Crippen molar-refractivity contribution >= 4 is 17.7 Å². The summed E-state index contributed by atoms with van der Waals surface area (Å²) >= 11 is 0. The number of pyridine rings is 1. The third-order valence-corrected chi connectivity index (χ3v) is 3.58. The van der Waals surface area contributed by atoms with Gasteiger partial charge in [-0.05, 0) is 38.8 Å². The summed E-state index contributed by atoms with van der Waals surface area (Å²) in [4.78, 5) is 28.9. The monoisotopic (exact) mass is 277 g/mol. The average molecular weight is 277 g/mol. The molecule has 0 bridgehead atoms. The Labute approximate surface area is 117 Å². The summed E-state index contributed by atoms with van der Waals surface area (Å²) in [5.74, 6) is -1.30. The standard InChI is InChI=1S/C14H19N3O3/c1-8-6-9(2)15-10(3)12(8)16-14(20)17-5-4-11(7-17)13(18)19/h6,11H,4-5,7H2,1-3H3,(H,16,20)(H,18,19). The lowest BCUT2D eigenvalue weighted by atomic mass is 10.1. The van der Waals surface area contributed by atoms with Crippen LogP contribution in [0.15, 0.2) is 6.07 Å². The van der Waals surface area contributed by atoms with Crippen molar-refractivity contribution in [2.75, 3.05) is 18.4 Å². The number of carboxylic acid groups (broad SMARTS) is 1. The number of hydrogen-bond donors (Lipinski definition) is 2. The number of likely N-dealkylation sites (tertiary alicyclic amines) is 1. The zero-order valence-corrected chi connectivity index (χ0v) is 11.9. The van der Waals surface area contributed by atoms with E-state index in [0.717, 1.165) is 17.0 Å². The Hall–Kier alpha value is -2.11. The van der Waals surface area contributed by atoms with E-state index >= 15 is 0 Å². The Morgan fingerprint density at radius 1 is 1.40 bits per heavy atom. The Morgan fingerprint density at radius 2 is 2.10 bits per heavy atom. The van der Waals surface area contributed by atoms with E-state index in [9.17, 15) is 9.59 Å². The number of aliphatic carboxylic acids is 1. The van der Waals surface area contributed by atoms with E-state index in [4.69, 9.17) is 5.11 Å². The van der Waals surface area contributed by atoms with Crippen molar-refractivity contribution in [3.63, 3.8) is 0 Å². The van der Waals surface area contributed by atoms with Crippen LogP contribution in [0, 0.1) is 26.7 Å². The fourth-order valence-corrected chi connectivity index (χ4v) is 2.54. The van der Waals surface area contributed by atoms with Gasteiger partial charge in [-0.15, -0.1) is 0 Å². The largest absolute Gasteiger partial charge is 0.481 e. The van der Waals surface area contributed by atoms with Crippen LogP contribution in [-0.4, -0.2) is 40.1 Å². The van der Waals surface area contributed by atoms with Gasteiger partial charge in [-0.2, -0.15) is 0 Å². The number of carbonyl (C=O) groups excluding carboxylic acids is 1. The maximum atomic E-state index is 12.2. The van der Waals surface area contributed by atoms with Crippen LogP contribution in [0.5, 0.6) is 0 Å². The van der Waals surface area contributed by atoms with Gasteiger partial charge in [0.25, 0.3) is 0 Å². The molecule has 1 aliphatic rings. The minimum absolute atomic E-state index is 0.259. The molecule has 2 amide bonds. The molecule has 1 fully saturated rings. The highest BCUT2D eigenvalue weighted by atomic mass is 16.4. The second-order valence-corrected chi connectivity index (χ2v) is 5.24. The van der Waals surface area contributed by atoms with E-state index in [2.05, 4.69) is 10.3 Å². The summed E-state index contributed by atoms with van der Waals surface area (Å²) in [5, 5.41) is 11.8. The first kappa shape index (κ1) is 14.3. The smallest absolute Gasteiger partial charge is 0.321 e. The number of rotatable bonds is 2. The van der Waals surface area contributed by atoms with Gasteiger partial charge in [0.1, 0.15) is 0 Å². The Balaban J connectivity index is 2.08. The zero-order chi connectivity index (χ0) is 14.9. The van der Waals surface area contributed by atoms with E-state index < -0.39 is 11.9 Å². The van der Waals surface area contributed by atoms with Crippen LogP contribution < -0.4 is 5.32 Å². The molecule has 6 nitrogen and oxygen atoms in total. The average Bonchev–Trinajstić information content (AvgIpc) is 2.83. The van der Waals surface area contributed by atoms with Gasteiger partial charge in [-0.3, -0.25) is 9.78 Å². The highest BCUT2D eigenvalue weighted by Crippen LogP contribution is 2.22. The van der Waals surface area contributed by atoms with Gasteiger partial charge in [0.05, 0.1) is 17.3 Å². The maximum Gasteiger partial charge on any atom is 0.321 e.